The summed E-state index contributed by atoms with van der Waals surface area (Å²) < 4.78 is 16.5. The van der Waals surface area contributed by atoms with Crippen molar-refractivity contribution in [2.45, 2.75) is 13.0 Å². The Balaban J connectivity index is 1.95. The number of ketones is 1. The standard InChI is InChI=1S/C29H30N2O6/c1-6-37-21-16-10-18(11-17-21)26-25(27(32)24-22(35-4)8-7-9-23(24)36-5)28(33)29(34)31(26)20-14-12-19(13-15-20)30(2)3/h7-17,26,32H,6H2,1-5H3/b27-25+. The number of aliphatic hydroxyl groups is 1. The molecule has 1 unspecified atom stereocenters. The molecule has 0 aliphatic carbocycles. The van der Waals surface area contributed by atoms with Crippen LogP contribution in [-0.4, -0.2) is 51.7 Å². The molecular weight excluding hydrogens is 472 g/mol. The van der Waals surface area contributed by atoms with Gasteiger partial charge in [0, 0.05) is 25.5 Å². The van der Waals surface area contributed by atoms with Crippen LogP contribution in [0.25, 0.3) is 5.76 Å². The lowest BCUT2D eigenvalue weighted by molar-refractivity contribution is -0.132. The van der Waals surface area contributed by atoms with Gasteiger partial charge in [-0.25, -0.2) is 0 Å². The summed E-state index contributed by atoms with van der Waals surface area (Å²) in [5, 5.41) is 11.6. The highest BCUT2D eigenvalue weighted by molar-refractivity contribution is 6.51. The number of carbonyl (C=O) groups excluding carboxylic acids is 2. The predicted octanol–water partition coefficient (Wildman–Crippen LogP) is 4.79. The summed E-state index contributed by atoms with van der Waals surface area (Å²) in [6.45, 7) is 2.39. The molecule has 37 heavy (non-hydrogen) atoms. The van der Waals surface area contributed by atoms with Crippen molar-refractivity contribution in [2.75, 3.05) is 44.7 Å². The molecule has 0 bridgehead atoms. The van der Waals surface area contributed by atoms with Gasteiger partial charge in [-0.05, 0) is 61.0 Å². The van der Waals surface area contributed by atoms with Gasteiger partial charge in [0.1, 0.15) is 28.6 Å². The summed E-state index contributed by atoms with van der Waals surface area (Å²) >= 11 is 0. The molecule has 1 amide bonds. The van der Waals surface area contributed by atoms with Crippen LogP contribution in [0, 0.1) is 0 Å². The number of hydrogen-bond donors (Lipinski definition) is 1. The molecule has 0 radical (unpaired) electrons. The lowest BCUT2D eigenvalue weighted by Crippen LogP contribution is -2.29. The fourth-order valence-corrected chi connectivity index (χ4v) is 4.46. The third-order valence-electron chi connectivity index (χ3n) is 6.26. The van der Waals surface area contributed by atoms with Crippen LogP contribution in [0.1, 0.15) is 24.1 Å². The maximum absolute atomic E-state index is 13.5. The average Bonchev–Trinajstić information content (AvgIpc) is 3.18. The molecule has 3 aromatic carbocycles. The van der Waals surface area contributed by atoms with Gasteiger partial charge in [-0.15, -0.1) is 0 Å². The molecule has 1 saturated heterocycles. The van der Waals surface area contributed by atoms with Gasteiger partial charge in [0.15, 0.2) is 0 Å². The van der Waals surface area contributed by atoms with E-state index in [1.807, 2.05) is 38.1 Å². The van der Waals surface area contributed by atoms with Gasteiger partial charge in [-0.2, -0.15) is 0 Å². The predicted molar refractivity (Wildman–Crippen MR) is 143 cm³/mol. The summed E-state index contributed by atoms with van der Waals surface area (Å²) in [7, 11) is 6.75. The van der Waals surface area contributed by atoms with E-state index in [9.17, 15) is 14.7 Å². The molecular formula is C29H30N2O6. The lowest BCUT2D eigenvalue weighted by atomic mass is 9.94. The Labute approximate surface area is 216 Å². The van der Waals surface area contributed by atoms with Crippen molar-refractivity contribution in [1.29, 1.82) is 0 Å². The average molecular weight is 503 g/mol. The summed E-state index contributed by atoms with van der Waals surface area (Å²) in [6, 6.07) is 18.6. The van der Waals surface area contributed by atoms with E-state index in [0.717, 1.165) is 5.69 Å². The van der Waals surface area contributed by atoms with E-state index in [1.165, 1.54) is 19.1 Å². The summed E-state index contributed by atoms with van der Waals surface area (Å²) in [5.41, 5.74) is 2.24. The highest BCUT2D eigenvalue weighted by atomic mass is 16.5. The molecule has 0 aromatic heterocycles. The molecule has 1 heterocycles. The maximum atomic E-state index is 13.5. The lowest BCUT2D eigenvalue weighted by Gasteiger charge is -2.26. The van der Waals surface area contributed by atoms with Crippen LogP contribution in [0.3, 0.4) is 0 Å². The number of ether oxygens (including phenoxy) is 3. The number of carbonyl (C=O) groups is 2. The number of aliphatic hydroxyl groups excluding tert-OH is 1. The molecule has 1 N–H and O–H groups in total. The second kappa shape index (κ2) is 10.7. The van der Waals surface area contributed by atoms with Gasteiger partial charge in [0.25, 0.3) is 11.7 Å². The molecule has 192 valence electrons. The Morgan fingerprint density at radius 1 is 0.919 bits per heavy atom. The van der Waals surface area contributed by atoms with E-state index in [2.05, 4.69) is 0 Å². The first-order valence-electron chi connectivity index (χ1n) is 11.8. The zero-order valence-corrected chi connectivity index (χ0v) is 21.5. The van der Waals surface area contributed by atoms with Crippen molar-refractivity contribution in [3.63, 3.8) is 0 Å². The van der Waals surface area contributed by atoms with Gasteiger partial charge in [-0.1, -0.05) is 18.2 Å². The van der Waals surface area contributed by atoms with Crippen molar-refractivity contribution < 1.29 is 28.9 Å². The minimum Gasteiger partial charge on any atom is -0.506 e. The zero-order valence-electron chi connectivity index (χ0n) is 21.5. The van der Waals surface area contributed by atoms with Crippen LogP contribution >= 0.6 is 0 Å². The van der Waals surface area contributed by atoms with Crippen molar-refractivity contribution in [2.24, 2.45) is 0 Å². The molecule has 8 heteroatoms. The van der Waals surface area contributed by atoms with Crippen molar-refractivity contribution in [3.8, 4) is 17.2 Å². The molecule has 4 rings (SSSR count). The molecule has 0 spiro atoms. The fourth-order valence-electron chi connectivity index (χ4n) is 4.46. The van der Waals surface area contributed by atoms with E-state index in [4.69, 9.17) is 14.2 Å². The van der Waals surface area contributed by atoms with Gasteiger partial charge in [0.05, 0.1) is 32.4 Å². The number of Topliss-reactive ketones (excluding diaryl/α,β-unsaturated/α-hetero) is 1. The summed E-state index contributed by atoms with van der Waals surface area (Å²) in [5.74, 6) is -0.649. The smallest absolute Gasteiger partial charge is 0.300 e. The molecule has 1 aliphatic heterocycles. The topological polar surface area (TPSA) is 88.5 Å². The highest BCUT2D eigenvalue weighted by Crippen LogP contribution is 2.45. The Morgan fingerprint density at radius 2 is 1.51 bits per heavy atom. The Morgan fingerprint density at radius 3 is 2.03 bits per heavy atom. The van der Waals surface area contributed by atoms with E-state index in [0.29, 0.717) is 35.1 Å². The van der Waals surface area contributed by atoms with Crippen LogP contribution in [0.4, 0.5) is 11.4 Å². The van der Waals surface area contributed by atoms with E-state index in [1.54, 1.807) is 54.6 Å². The first-order chi connectivity index (χ1) is 17.8. The monoisotopic (exact) mass is 502 g/mol. The van der Waals surface area contributed by atoms with Crippen LogP contribution in [-0.2, 0) is 9.59 Å². The van der Waals surface area contributed by atoms with Gasteiger partial charge in [0.2, 0.25) is 0 Å². The van der Waals surface area contributed by atoms with E-state index < -0.39 is 17.7 Å². The second-order valence-corrected chi connectivity index (χ2v) is 8.62. The molecule has 1 atom stereocenters. The third-order valence-corrected chi connectivity index (χ3v) is 6.26. The first kappa shape index (κ1) is 25.6. The number of hydrogen-bond acceptors (Lipinski definition) is 7. The van der Waals surface area contributed by atoms with E-state index >= 15 is 0 Å². The number of nitrogens with zero attached hydrogens (tertiary/aromatic N) is 2. The number of rotatable bonds is 8. The van der Waals surface area contributed by atoms with Gasteiger partial charge in [-0.3, -0.25) is 14.5 Å². The molecule has 1 aliphatic rings. The molecule has 1 fully saturated rings. The fraction of sp³-hybridized carbons (Fsp3) is 0.241. The number of benzene rings is 3. The Kier molecular flexibility index (Phi) is 7.38. The molecule has 8 nitrogen and oxygen atoms in total. The van der Waals surface area contributed by atoms with Gasteiger partial charge < -0.3 is 24.2 Å². The van der Waals surface area contributed by atoms with Crippen molar-refractivity contribution >= 4 is 28.8 Å². The third kappa shape index (κ3) is 4.70. The molecule has 3 aromatic rings. The van der Waals surface area contributed by atoms with Crippen LogP contribution < -0.4 is 24.0 Å². The minimum absolute atomic E-state index is 0.0614. The SMILES string of the molecule is CCOc1ccc(C2/C(=C(\O)c3c(OC)cccc3OC)C(=O)C(=O)N2c2ccc(N(C)C)cc2)cc1. The largest absolute Gasteiger partial charge is 0.506 e. The van der Waals surface area contributed by atoms with Crippen molar-refractivity contribution in [1.82, 2.24) is 0 Å². The Hall–Kier alpha value is -4.46. The van der Waals surface area contributed by atoms with Crippen LogP contribution in [0.5, 0.6) is 17.2 Å². The molecule has 0 saturated carbocycles. The quantitative estimate of drug-likeness (QED) is 0.269. The number of anilines is 2. The number of amides is 1. The number of methoxy groups -OCH3 is 2. The normalized spacial score (nSPS) is 16.6. The van der Waals surface area contributed by atoms with E-state index in [-0.39, 0.29) is 16.9 Å². The van der Waals surface area contributed by atoms with Crippen LogP contribution in [0.15, 0.2) is 72.3 Å². The highest BCUT2D eigenvalue weighted by Gasteiger charge is 2.47. The van der Waals surface area contributed by atoms with Crippen molar-refractivity contribution in [3.05, 3.63) is 83.4 Å². The minimum atomic E-state index is -0.893. The van der Waals surface area contributed by atoms with Crippen LogP contribution in [0.2, 0.25) is 0 Å². The second-order valence-electron chi connectivity index (χ2n) is 8.62. The first-order valence-corrected chi connectivity index (χ1v) is 11.8. The maximum Gasteiger partial charge on any atom is 0.300 e. The summed E-state index contributed by atoms with van der Waals surface area (Å²) in [4.78, 5) is 30.3. The van der Waals surface area contributed by atoms with Gasteiger partial charge >= 0.3 is 0 Å². The summed E-state index contributed by atoms with van der Waals surface area (Å²) in [6.07, 6.45) is 0. The Bertz CT molecular complexity index is 1310. The zero-order chi connectivity index (χ0) is 26.7.